The van der Waals surface area contributed by atoms with Crippen molar-refractivity contribution in [2.75, 3.05) is 7.11 Å². The van der Waals surface area contributed by atoms with Crippen molar-refractivity contribution < 1.29 is 19.1 Å². The Morgan fingerprint density at radius 1 is 1.43 bits per heavy atom. The number of rotatable bonds is 4. The zero-order valence-corrected chi connectivity index (χ0v) is 12.9. The summed E-state index contributed by atoms with van der Waals surface area (Å²) in [6.45, 7) is 5.13. The third-order valence-electron chi connectivity index (χ3n) is 2.61. The lowest BCUT2D eigenvalue weighted by molar-refractivity contribution is -0.143. The number of esters is 1. The summed E-state index contributed by atoms with van der Waals surface area (Å²) >= 11 is 0. The highest BCUT2D eigenvalue weighted by molar-refractivity contribution is 5.81. The van der Waals surface area contributed by atoms with Crippen molar-refractivity contribution in [2.45, 2.75) is 38.8 Å². The number of aryl methyl sites for hydroxylation is 1. The van der Waals surface area contributed by atoms with Crippen LogP contribution in [0.5, 0.6) is 0 Å². The van der Waals surface area contributed by atoms with Crippen LogP contribution in [-0.4, -0.2) is 40.6 Å². The van der Waals surface area contributed by atoms with Gasteiger partial charge >= 0.3 is 12.1 Å². The Balaban J connectivity index is 2.82. The minimum atomic E-state index is -0.992. The summed E-state index contributed by atoms with van der Waals surface area (Å²) in [4.78, 5) is 35.2. The molecule has 2 N–H and O–H groups in total. The number of hydrogen-bond acceptors (Lipinski definition) is 5. The number of nitrogens with zero attached hydrogens (tertiary/aromatic N) is 1. The van der Waals surface area contributed by atoms with Crippen LogP contribution in [0.25, 0.3) is 0 Å². The number of amides is 1. The number of aromatic nitrogens is 2. The first kappa shape index (κ1) is 16.8. The number of H-pyrrole nitrogens is 1. The van der Waals surface area contributed by atoms with Gasteiger partial charge in [-0.3, -0.25) is 9.48 Å². The Kier molecular flexibility index (Phi) is 5.17. The Morgan fingerprint density at radius 2 is 2.05 bits per heavy atom. The average molecular weight is 299 g/mol. The molecule has 0 fully saturated rings. The van der Waals surface area contributed by atoms with Crippen molar-refractivity contribution in [2.24, 2.45) is 7.05 Å². The number of alkyl carbamates (subject to hydrolysis) is 1. The van der Waals surface area contributed by atoms with Gasteiger partial charge in [0.1, 0.15) is 11.6 Å². The van der Waals surface area contributed by atoms with Crippen LogP contribution in [0.3, 0.4) is 0 Å². The third kappa shape index (κ3) is 4.97. The molecule has 0 saturated carbocycles. The highest BCUT2D eigenvalue weighted by Gasteiger charge is 2.26. The molecule has 1 aromatic rings. The molecule has 0 saturated heterocycles. The van der Waals surface area contributed by atoms with E-state index in [0.29, 0.717) is 5.56 Å². The highest BCUT2D eigenvalue weighted by atomic mass is 16.6. The van der Waals surface area contributed by atoms with Crippen LogP contribution in [0, 0.1) is 0 Å². The molecular formula is C13H21N3O5. The number of carbonyl (C=O) groups is 2. The fraction of sp³-hybridized carbons (Fsp3) is 0.615. The van der Waals surface area contributed by atoms with E-state index in [-0.39, 0.29) is 12.0 Å². The van der Waals surface area contributed by atoms with E-state index in [1.54, 1.807) is 27.8 Å². The van der Waals surface area contributed by atoms with Gasteiger partial charge in [0.15, 0.2) is 0 Å². The zero-order valence-electron chi connectivity index (χ0n) is 12.9. The van der Waals surface area contributed by atoms with Gasteiger partial charge in [-0.15, -0.1) is 0 Å². The molecule has 1 aromatic heterocycles. The molecule has 0 aliphatic heterocycles. The number of nitrogens with one attached hydrogen (secondary N) is 2. The van der Waals surface area contributed by atoms with Gasteiger partial charge in [-0.25, -0.2) is 9.59 Å². The predicted molar refractivity (Wildman–Crippen MR) is 74.9 cm³/mol. The van der Waals surface area contributed by atoms with Gasteiger partial charge in [-0.05, 0) is 20.8 Å². The number of hydrogen-bond donors (Lipinski definition) is 2. The maximum atomic E-state index is 11.8. The summed E-state index contributed by atoms with van der Waals surface area (Å²) in [7, 11) is 2.77. The van der Waals surface area contributed by atoms with E-state index in [4.69, 9.17) is 4.74 Å². The van der Waals surface area contributed by atoms with Gasteiger partial charge in [0, 0.05) is 25.2 Å². The molecule has 0 aliphatic rings. The minimum Gasteiger partial charge on any atom is -0.467 e. The quantitative estimate of drug-likeness (QED) is 0.780. The third-order valence-corrected chi connectivity index (χ3v) is 2.61. The normalized spacial score (nSPS) is 12.6. The van der Waals surface area contributed by atoms with Crippen LogP contribution in [0.15, 0.2) is 11.0 Å². The van der Waals surface area contributed by atoms with E-state index in [2.05, 4.69) is 15.2 Å². The van der Waals surface area contributed by atoms with E-state index in [1.165, 1.54) is 18.0 Å². The summed E-state index contributed by atoms with van der Waals surface area (Å²) in [6, 6.07) is -0.992. The van der Waals surface area contributed by atoms with Crippen molar-refractivity contribution in [3.63, 3.8) is 0 Å². The lowest BCUT2D eigenvalue weighted by atomic mass is 10.1. The summed E-state index contributed by atoms with van der Waals surface area (Å²) in [5.41, 5.74) is -0.589. The monoisotopic (exact) mass is 299 g/mol. The smallest absolute Gasteiger partial charge is 0.408 e. The number of carbonyl (C=O) groups excluding carboxylic acids is 2. The molecule has 21 heavy (non-hydrogen) atoms. The van der Waals surface area contributed by atoms with Crippen LogP contribution in [0.1, 0.15) is 26.3 Å². The van der Waals surface area contributed by atoms with Gasteiger partial charge in [-0.1, -0.05) is 0 Å². The van der Waals surface area contributed by atoms with E-state index in [9.17, 15) is 14.4 Å². The molecule has 0 radical (unpaired) electrons. The molecule has 1 heterocycles. The van der Waals surface area contributed by atoms with Gasteiger partial charge in [0.05, 0.1) is 7.11 Å². The number of methoxy groups -OCH3 is 1. The molecule has 1 amide bonds. The Labute approximate surface area is 122 Å². The van der Waals surface area contributed by atoms with E-state index in [0.717, 1.165) is 0 Å². The summed E-state index contributed by atoms with van der Waals surface area (Å²) in [5, 5.41) is 5.11. The molecule has 1 unspecified atom stereocenters. The van der Waals surface area contributed by atoms with Crippen LogP contribution in [0.4, 0.5) is 4.79 Å². The summed E-state index contributed by atoms with van der Waals surface area (Å²) in [6.07, 6.45) is 0.752. The lowest BCUT2D eigenvalue weighted by Crippen LogP contribution is -2.45. The van der Waals surface area contributed by atoms with Gasteiger partial charge in [-0.2, -0.15) is 0 Å². The van der Waals surface area contributed by atoms with Gasteiger partial charge in [0.25, 0.3) is 5.56 Å². The lowest BCUT2D eigenvalue weighted by Gasteiger charge is -2.22. The first-order valence-electron chi connectivity index (χ1n) is 6.44. The average Bonchev–Trinajstić information content (AvgIpc) is 2.66. The van der Waals surface area contributed by atoms with E-state index >= 15 is 0 Å². The maximum Gasteiger partial charge on any atom is 0.408 e. The molecule has 0 aromatic carbocycles. The van der Waals surface area contributed by atoms with Crippen LogP contribution < -0.4 is 10.9 Å². The Hall–Kier alpha value is -2.25. The van der Waals surface area contributed by atoms with Crippen LogP contribution in [0.2, 0.25) is 0 Å². The van der Waals surface area contributed by atoms with Crippen LogP contribution >= 0.6 is 0 Å². The number of ether oxygens (including phenoxy) is 2. The van der Waals surface area contributed by atoms with E-state index < -0.39 is 23.7 Å². The molecule has 118 valence electrons. The molecular weight excluding hydrogens is 278 g/mol. The highest BCUT2D eigenvalue weighted by Crippen LogP contribution is 2.08. The van der Waals surface area contributed by atoms with Gasteiger partial charge < -0.3 is 19.9 Å². The molecule has 1 atom stereocenters. The SMILES string of the molecule is COC(=O)C(Cc1c[nH]n(C)c1=O)NC(=O)OC(C)(C)C. The molecule has 0 bridgehead atoms. The molecule has 0 aliphatic carbocycles. The predicted octanol–water partition coefficient (Wildman–Crippen LogP) is 0.322. The standard InChI is InChI=1S/C13H21N3O5/c1-13(2,3)21-12(19)15-9(11(18)20-5)6-8-7-14-16(4)10(8)17/h7,9,14H,6H2,1-5H3,(H,15,19). The van der Waals surface area contributed by atoms with Crippen molar-refractivity contribution in [3.05, 3.63) is 22.1 Å². The van der Waals surface area contributed by atoms with E-state index in [1.807, 2.05) is 0 Å². The topological polar surface area (TPSA) is 102 Å². The summed E-state index contributed by atoms with van der Waals surface area (Å²) < 4.78 is 11.0. The molecule has 8 heteroatoms. The second kappa shape index (κ2) is 6.47. The fourth-order valence-electron chi connectivity index (χ4n) is 1.66. The van der Waals surface area contributed by atoms with Crippen molar-refractivity contribution in [1.82, 2.24) is 15.1 Å². The first-order valence-corrected chi connectivity index (χ1v) is 6.44. The van der Waals surface area contributed by atoms with Crippen LogP contribution in [-0.2, 0) is 27.7 Å². The second-order valence-electron chi connectivity index (χ2n) is 5.59. The first-order chi connectivity index (χ1) is 9.64. The van der Waals surface area contributed by atoms with Gasteiger partial charge in [0.2, 0.25) is 0 Å². The van der Waals surface area contributed by atoms with Crippen molar-refractivity contribution >= 4 is 12.1 Å². The Morgan fingerprint density at radius 3 is 2.48 bits per heavy atom. The Bertz CT molecular complexity index is 567. The largest absolute Gasteiger partial charge is 0.467 e. The molecule has 1 rings (SSSR count). The second-order valence-corrected chi connectivity index (χ2v) is 5.59. The fourth-order valence-corrected chi connectivity index (χ4v) is 1.66. The summed E-state index contributed by atoms with van der Waals surface area (Å²) in [5.74, 6) is -0.649. The maximum absolute atomic E-state index is 11.8. The molecule has 0 spiro atoms. The van der Waals surface area contributed by atoms with Crippen molar-refractivity contribution in [1.29, 1.82) is 0 Å². The molecule has 8 nitrogen and oxygen atoms in total. The minimum absolute atomic E-state index is 0.0160. The number of aromatic amines is 1. The van der Waals surface area contributed by atoms with Crippen molar-refractivity contribution in [3.8, 4) is 0 Å². The zero-order chi connectivity index (χ0) is 16.2.